The van der Waals surface area contributed by atoms with Gasteiger partial charge in [0.1, 0.15) is 46.0 Å². The van der Waals surface area contributed by atoms with Gasteiger partial charge >= 0.3 is 11.9 Å². The van der Waals surface area contributed by atoms with Gasteiger partial charge in [0.25, 0.3) is 0 Å². The van der Waals surface area contributed by atoms with Crippen LogP contribution in [-0.2, 0) is 32.8 Å². The minimum Gasteiger partial charge on any atom is -0.457 e. The average molecular weight is 1520 g/mol. The van der Waals surface area contributed by atoms with Crippen molar-refractivity contribution in [2.75, 3.05) is 4.90 Å². The van der Waals surface area contributed by atoms with Gasteiger partial charge < -0.3 is 28.6 Å². The van der Waals surface area contributed by atoms with Crippen LogP contribution in [0.3, 0.4) is 0 Å². The Morgan fingerprint density at radius 2 is 0.591 bits per heavy atom. The van der Waals surface area contributed by atoms with E-state index in [2.05, 4.69) is 331 Å². The number of cyclic esters (lactones) is 2. The summed E-state index contributed by atoms with van der Waals surface area (Å²) in [7, 11) is 0. The van der Waals surface area contributed by atoms with Crippen molar-refractivity contribution in [3.8, 4) is 57.1 Å². The molecule has 15 aromatic carbocycles. The van der Waals surface area contributed by atoms with Gasteiger partial charge in [0, 0.05) is 61.2 Å². The lowest BCUT2D eigenvalue weighted by molar-refractivity contribution is 0.0390. The number of rotatable bonds is 18. The van der Waals surface area contributed by atoms with Crippen molar-refractivity contribution in [1.29, 1.82) is 0 Å². The minimum absolute atomic E-state index is 0.0856. The van der Waals surface area contributed by atoms with Crippen molar-refractivity contribution in [3.63, 3.8) is 0 Å². The standard InChI is InChI=1S/C107H107NO7/c1-100(2,3)59-104(13,14)66-31-41-71(42-32-66)111-85-54-53-75-80(63-29-39-70(40-30-63)108-83-27-23-21-25-64(83)55-65-26-22-24-28-84(65)108)56-86(112-72-43-33-67(34-44-72)105(15,16)60-101(4,5)6)93-77-50-52-79-90-78(51-49-76(89(77)90)92(85)96(75)93)94-87(113-73-45-35-68(36-46-73)106(17,18)61-102(7,8)9)57-81-91-82(99(110)115-98(81)109)58-88(95(79)97(91)94)114-74-47-37-69(38-48-74)107(19,20)62-103(10,11)12/h21-54,56-58H,55,59-62H2,1-20H3. The molecule has 15 aromatic rings. The fraction of sp³-hybridized carbons (Fsp3) is 0.308. The molecule has 0 aliphatic carbocycles. The van der Waals surface area contributed by atoms with E-state index in [1.165, 1.54) is 44.8 Å². The van der Waals surface area contributed by atoms with Crippen molar-refractivity contribution in [1.82, 2.24) is 0 Å². The highest BCUT2D eigenvalue weighted by Gasteiger charge is 2.38. The second kappa shape index (κ2) is 27.2. The maximum Gasteiger partial charge on any atom is 0.346 e. The van der Waals surface area contributed by atoms with E-state index >= 15 is 0 Å². The van der Waals surface area contributed by atoms with E-state index in [9.17, 15) is 9.59 Å². The van der Waals surface area contributed by atoms with Crippen LogP contribution < -0.4 is 23.8 Å². The van der Waals surface area contributed by atoms with Crippen LogP contribution in [-0.4, -0.2) is 11.9 Å². The number of carbonyl (C=O) groups is 2. The number of esters is 2. The van der Waals surface area contributed by atoms with Gasteiger partial charge in [0.2, 0.25) is 0 Å². The number of nitrogens with zero attached hydrogens (tertiary/aromatic N) is 1. The van der Waals surface area contributed by atoms with Gasteiger partial charge in [-0.1, -0.05) is 260 Å². The van der Waals surface area contributed by atoms with E-state index in [4.69, 9.17) is 23.7 Å². The minimum atomic E-state index is -0.748. The topological polar surface area (TPSA) is 83.5 Å². The third-order valence-corrected chi connectivity index (χ3v) is 24.1. The first-order valence-corrected chi connectivity index (χ1v) is 41.1. The summed E-state index contributed by atoms with van der Waals surface area (Å²) < 4.78 is 35.7. The lowest BCUT2D eigenvalue weighted by Crippen LogP contribution is -2.24. The van der Waals surface area contributed by atoms with Crippen LogP contribution in [0.5, 0.6) is 46.0 Å². The summed E-state index contributed by atoms with van der Waals surface area (Å²) in [5.74, 6) is 3.29. The molecule has 0 fully saturated rings. The molecule has 582 valence electrons. The van der Waals surface area contributed by atoms with Crippen molar-refractivity contribution in [3.05, 3.63) is 269 Å². The largest absolute Gasteiger partial charge is 0.457 e. The van der Waals surface area contributed by atoms with Crippen molar-refractivity contribution in [2.24, 2.45) is 21.7 Å². The molecule has 0 atom stereocenters. The number of para-hydroxylation sites is 2. The SMILES string of the molecule is CC(C)(C)CC(C)(C)c1ccc(Oc2ccc3c(-c4ccc(N5c6ccccc6Cc6ccccc65)cc4)cc(Oc4ccc(C(C)(C)CC(C)(C)C)cc4)c4c5ccc6c7c(Oc8ccc(C(C)(C)CC(C)(C)C)cc8)cc8c9c(cc(Oc%10ccc(C(C)(C)CC(C)(C)C)cc%10)c(c%10ccc(c2c34)c5c%106)c97)C(=O)OC8=O)cc1. The highest BCUT2D eigenvalue weighted by molar-refractivity contribution is 6.46. The third-order valence-electron chi connectivity index (χ3n) is 24.1. The number of carbonyl (C=O) groups excluding carboxylic acids is 2. The maximum absolute atomic E-state index is 14.7. The number of ether oxygens (including phenoxy) is 5. The maximum atomic E-state index is 14.7. The molecule has 2 aliphatic rings. The predicted octanol–water partition coefficient (Wildman–Crippen LogP) is 31.0. The van der Waals surface area contributed by atoms with E-state index < -0.39 is 11.9 Å². The van der Waals surface area contributed by atoms with Gasteiger partial charge in [-0.2, -0.15) is 0 Å². The molecule has 0 saturated heterocycles. The van der Waals surface area contributed by atoms with Gasteiger partial charge in [-0.15, -0.1) is 0 Å². The Kier molecular flexibility index (Phi) is 18.1. The number of anilines is 3. The molecular weight excluding hydrogens is 1410 g/mol. The second-order valence-corrected chi connectivity index (χ2v) is 40.6. The molecular formula is C107H107NO7. The summed E-state index contributed by atoms with van der Waals surface area (Å²) in [6.45, 7) is 46.1. The zero-order valence-corrected chi connectivity index (χ0v) is 70.7. The Labute approximate surface area is 678 Å². The molecule has 115 heavy (non-hydrogen) atoms. The van der Waals surface area contributed by atoms with Crippen LogP contribution in [0, 0.1) is 21.7 Å². The first-order chi connectivity index (χ1) is 54.2. The Morgan fingerprint density at radius 3 is 0.939 bits per heavy atom. The average Bonchev–Trinajstić information content (AvgIpc) is 0.673. The first-order valence-electron chi connectivity index (χ1n) is 41.1. The van der Waals surface area contributed by atoms with E-state index in [-0.39, 0.29) is 54.4 Å². The Bertz CT molecular complexity index is 6130. The number of hydrogen-bond donors (Lipinski definition) is 0. The smallest absolute Gasteiger partial charge is 0.346 e. The van der Waals surface area contributed by atoms with Crippen LogP contribution >= 0.6 is 0 Å². The summed E-state index contributed by atoms with van der Waals surface area (Å²) >= 11 is 0. The first kappa shape index (κ1) is 76.4. The molecule has 8 heteroatoms. The van der Waals surface area contributed by atoms with Crippen LogP contribution in [0.1, 0.15) is 218 Å². The Balaban J connectivity index is 0.964. The molecule has 0 saturated carbocycles. The molecule has 8 nitrogen and oxygen atoms in total. The Hall–Kier alpha value is -11.2. The molecule has 0 aromatic heterocycles. The highest BCUT2D eigenvalue weighted by atomic mass is 16.6. The van der Waals surface area contributed by atoms with Gasteiger partial charge in [-0.05, 0) is 254 Å². The summed E-state index contributed by atoms with van der Waals surface area (Å²) in [4.78, 5) is 31.8. The molecule has 0 bridgehead atoms. The summed E-state index contributed by atoms with van der Waals surface area (Å²) in [6.07, 6.45) is 4.79. The number of benzene rings is 15. The lowest BCUT2D eigenvalue weighted by Gasteiger charge is -2.33. The van der Waals surface area contributed by atoms with Crippen LogP contribution in [0.2, 0.25) is 0 Å². The molecule has 2 aliphatic heterocycles. The fourth-order valence-corrected chi connectivity index (χ4v) is 20.8. The molecule has 0 amide bonds. The summed E-state index contributed by atoms with van der Waals surface area (Å²) in [6, 6.07) is 79.9. The van der Waals surface area contributed by atoms with Gasteiger partial charge in [0.15, 0.2) is 0 Å². The highest BCUT2D eigenvalue weighted by Crippen LogP contribution is 2.58. The predicted molar refractivity (Wildman–Crippen MR) is 478 cm³/mol. The second-order valence-electron chi connectivity index (χ2n) is 40.6. The summed E-state index contributed by atoms with van der Waals surface area (Å²) in [5.41, 5.74) is 13.2. The van der Waals surface area contributed by atoms with Gasteiger partial charge in [0.05, 0.1) is 11.1 Å². The van der Waals surface area contributed by atoms with Crippen molar-refractivity contribution < 1.29 is 33.3 Å². The molecule has 17 rings (SSSR count). The third kappa shape index (κ3) is 14.1. The number of hydrogen-bond acceptors (Lipinski definition) is 8. The normalized spacial score (nSPS) is 13.9. The van der Waals surface area contributed by atoms with E-state index in [0.29, 0.717) is 67.5 Å². The van der Waals surface area contributed by atoms with E-state index in [1.54, 1.807) is 12.1 Å². The van der Waals surface area contributed by atoms with E-state index in [1.807, 2.05) is 24.3 Å². The van der Waals surface area contributed by atoms with Gasteiger partial charge in [-0.3, -0.25) is 0 Å². The molecule has 0 spiro atoms. The lowest BCUT2D eigenvalue weighted by atomic mass is 9.72. The monoisotopic (exact) mass is 1520 g/mol. The zero-order chi connectivity index (χ0) is 81.2. The Morgan fingerprint density at radius 1 is 0.287 bits per heavy atom. The van der Waals surface area contributed by atoms with Crippen LogP contribution in [0.25, 0.3) is 86.5 Å². The summed E-state index contributed by atoms with van der Waals surface area (Å²) in [5, 5.41) is 11.9. The fourth-order valence-electron chi connectivity index (χ4n) is 20.8. The molecule has 0 N–H and O–H groups in total. The van der Waals surface area contributed by atoms with Crippen LogP contribution in [0.15, 0.2) is 224 Å². The zero-order valence-electron chi connectivity index (χ0n) is 70.7. The molecule has 2 heterocycles. The number of fused-ring (bicyclic) bond motifs is 6. The molecule has 0 radical (unpaired) electrons. The van der Waals surface area contributed by atoms with E-state index in [0.717, 1.165) is 103 Å². The van der Waals surface area contributed by atoms with Crippen molar-refractivity contribution in [2.45, 2.75) is 192 Å². The molecule has 0 unspecified atom stereocenters. The van der Waals surface area contributed by atoms with Crippen LogP contribution in [0.4, 0.5) is 17.1 Å². The van der Waals surface area contributed by atoms with Crippen molar-refractivity contribution >= 4 is 104 Å². The van der Waals surface area contributed by atoms with Gasteiger partial charge in [-0.25, -0.2) is 9.59 Å². The quantitative estimate of drug-likeness (QED) is 0.0364.